The molecule has 0 aromatic heterocycles. The van der Waals surface area contributed by atoms with E-state index in [0.29, 0.717) is 6.04 Å². The van der Waals surface area contributed by atoms with E-state index in [4.69, 9.17) is 10.2 Å². The summed E-state index contributed by atoms with van der Waals surface area (Å²) in [5.41, 5.74) is 1.34. The van der Waals surface area contributed by atoms with Gasteiger partial charge in [-0.3, -0.25) is 9.80 Å². The number of piperazine rings is 1. The van der Waals surface area contributed by atoms with E-state index in [1.807, 2.05) is 0 Å². The van der Waals surface area contributed by atoms with Crippen molar-refractivity contribution in [3.63, 3.8) is 0 Å². The number of β-amino-alcohol motifs (C(OH)–C–C–N with tert-alkyl or cyclic N) is 1. The third-order valence-electron chi connectivity index (χ3n) is 3.30. The van der Waals surface area contributed by atoms with Gasteiger partial charge >= 0.3 is 0 Å². The molecule has 0 radical (unpaired) electrons. The fourth-order valence-corrected chi connectivity index (χ4v) is 2.26. The standard InChI is InChI=1S/C13H26N2O2/c1-12(2)3-5-15-7-6-14(8-10-17)11-13(15)4-9-16/h3,13,16-17H,4-11H2,1-2H3/t13-/m0/s1. The molecule has 0 aliphatic carbocycles. The zero-order valence-corrected chi connectivity index (χ0v) is 11.1. The Labute approximate surface area is 105 Å². The average molecular weight is 242 g/mol. The Bertz CT molecular complexity index is 240. The van der Waals surface area contributed by atoms with Crippen molar-refractivity contribution in [1.29, 1.82) is 0 Å². The van der Waals surface area contributed by atoms with Crippen LogP contribution in [0.1, 0.15) is 20.3 Å². The summed E-state index contributed by atoms with van der Waals surface area (Å²) >= 11 is 0. The minimum atomic E-state index is 0.222. The first-order valence-electron chi connectivity index (χ1n) is 6.49. The monoisotopic (exact) mass is 242 g/mol. The van der Waals surface area contributed by atoms with Gasteiger partial charge in [0.05, 0.1) is 6.61 Å². The molecule has 1 rings (SSSR count). The van der Waals surface area contributed by atoms with Gasteiger partial charge < -0.3 is 10.2 Å². The largest absolute Gasteiger partial charge is 0.396 e. The van der Waals surface area contributed by atoms with Gasteiger partial charge in [0.1, 0.15) is 0 Å². The lowest BCUT2D eigenvalue weighted by molar-refractivity contribution is 0.0580. The summed E-state index contributed by atoms with van der Waals surface area (Å²) in [6, 6.07) is 0.413. The van der Waals surface area contributed by atoms with E-state index < -0.39 is 0 Å². The molecule has 17 heavy (non-hydrogen) atoms. The van der Waals surface area contributed by atoms with Gasteiger partial charge in [-0.2, -0.15) is 0 Å². The summed E-state index contributed by atoms with van der Waals surface area (Å²) in [5, 5.41) is 18.1. The number of hydrogen-bond acceptors (Lipinski definition) is 4. The topological polar surface area (TPSA) is 46.9 Å². The number of aliphatic hydroxyl groups excluding tert-OH is 2. The molecule has 4 nitrogen and oxygen atoms in total. The minimum absolute atomic E-state index is 0.222. The van der Waals surface area contributed by atoms with Crippen LogP contribution in [0.3, 0.4) is 0 Å². The smallest absolute Gasteiger partial charge is 0.0558 e. The van der Waals surface area contributed by atoms with E-state index in [2.05, 4.69) is 29.7 Å². The second kappa shape index (κ2) is 7.82. The van der Waals surface area contributed by atoms with Gasteiger partial charge in [0.2, 0.25) is 0 Å². The predicted octanol–water partition coefficient (Wildman–Crippen LogP) is 0.313. The van der Waals surface area contributed by atoms with Crippen molar-refractivity contribution in [3.8, 4) is 0 Å². The normalized spacial score (nSPS) is 22.7. The fraction of sp³-hybridized carbons (Fsp3) is 0.846. The minimum Gasteiger partial charge on any atom is -0.396 e. The second-order valence-electron chi connectivity index (χ2n) is 4.97. The summed E-state index contributed by atoms with van der Waals surface area (Å²) in [5.74, 6) is 0. The van der Waals surface area contributed by atoms with Crippen LogP contribution in [0.15, 0.2) is 11.6 Å². The van der Waals surface area contributed by atoms with Crippen molar-refractivity contribution in [2.75, 3.05) is 45.9 Å². The zero-order chi connectivity index (χ0) is 12.7. The van der Waals surface area contributed by atoms with Crippen LogP contribution in [-0.2, 0) is 0 Å². The Kier molecular flexibility index (Phi) is 6.73. The number of allylic oxidation sites excluding steroid dienone is 1. The molecule has 0 spiro atoms. The Morgan fingerprint density at radius 3 is 2.59 bits per heavy atom. The van der Waals surface area contributed by atoms with E-state index >= 15 is 0 Å². The SMILES string of the molecule is CC(C)=CCN1CCN(CCO)C[C@@H]1CCO. The van der Waals surface area contributed by atoms with Crippen LogP contribution in [0, 0.1) is 0 Å². The van der Waals surface area contributed by atoms with Gasteiger partial charge in [0.15, 0.2) is 0 Å². The lowest BCUT2D eigenvalue weighted by atomic mass is 10.1. The molecule has 0 bridgehead atoms. The summed E-state index contributed by atoms with van der Waals surface area (Å²) in [6.07, 6.45) is 3.06. The quantitative estimate of drug-likeness (QED) is 0.658. The molecule has 1 atom stereocenters. The molecule has 0 aromatic carbocycles. The number of hydrogen-bond donors (Lipinski definition) is 2. The molecule has 0 unspecified atom stereocenters. The second-order valence-corrected chi connectivity index (χ2v) is 4.97. The molecular formula is C13H26N2O2. The summed E-state index contributed by atoms with van der Waals surface area (Å²) in [4.78, 5) is 4.70. The van der Waals surface area contributed by atoms with Crippen LogP contribution in [0.4, 0.5) is 0 Å². The van der Waals surface area contributed by atoms with Crippen molar-refractivity contribution in [3.05, 3.63) is 11.6 Å². The Morgan fingerprint density at radius 1 is 1.24 bits per heavy atom. The highest BCUT2D eigenvalue weighted by molar-refractivity contribution is 4.97. The van der Waals surface area contributed by atoms with E-state index in [0.717, 1.165) is 39.1 Å². The molecular weight excluding hydrogens is 216 g/mol. The summed E-state index contributed by atoms with van der Waals surface area (Å²) in [7, 11) is 0. The van der Waals surface area contributed by atoms with Gasteiger partial charge in [0, 0.05) is 45.4 Å². The lowest BCUT2D eigenvalue weighted by Gasteiger charge is -2.40. The lowest BCUT2D eigenvalue weighted by Crippen LogP contribution is -2.53. The fourth-order valence-electron chi connectivity index (χ4n) is 2.26. The Morgan fingerprint density at radius 2 is 2.00 bits per heavy atom. The highest BCUT2D eigenvalue weighted by Crippen LogP contribution is 2.13. The highest BCUT2D eigenvalue weighted by atomic mass is 16.3. The average Bonchev–Trinajstić information content (AvgIpc) is 2.28. The molecule has 1 aliphatic rings. The number of aliphatic hydroxyl groups is 2. The van der Waals surface area contributed by atoms with Crippen molar-refractivity contribution in [2.45, 2.75) is 26.3 Å². The maximum Gasteiger partial charge on any atom is 0.0558 e. The molecule has 0 saturated carbocycles. The van der Waals surface area contributed by atoms with Gasteiger partial charge in [-0.1, -0.05) is 11.6 Å². The van der Waals surface area contributed by atoms with Crippen molar-refractivity contribution < 1.29 is 10.2 Å². The number of nitrogens with zero attached hydrogens (tertiary/aromatic N) is 2. The number of rotatable bonds is 6. The molecule has 0 amide bonds. The maximum absolute atomic E-state index is 9.12. The van der Waals surface area contributed by atoms with Gasteiger partial charge in [-0.15, -0.1) is 0 Å². The third kappa shape index (κ3) is 5.17. The van der Waals surface area contributed by atoms with E-state index in [9.17, 15) is 0 Å². The van der Waals surface area contributed by atoms with Gasteiger partial charge in [0.25, 0.3) is 0 Å². The molecule has 0 aromatic rings. The first-order valence-corrected chi connectivity index (χ1v) is 6.49. The molecule has 4 heteroatoms. The van der Waals surface area contributed by atoms with E-state index in [1.54, 1.807) is 0 Å². The molecule has 1 heterocycles. The first-order chi connectivity index (χ1) is 8.17. The van der Waals surface area contributed by atoms with Gasteiger partial charge in [-0.05, 0) is 20.3 Å². The van der Waals surface area contributed by atoms with Crippen LogP contribution in [0.5, 0.6) is 0 Å². The third-order valence-corrected chi connectivity index (χ3v) is 3.30. The van der Waals surface area contributed by atoms with Gasteiger partial charge in [-0.25, -0.2) is 0 Å². The van der Waals surface area contributed by atoms with E-state index in [-0.39, 0.29) is 13.2 Å². The van der Waals surface area contributed by atoms with Crippen LogP contribution < -0.4 is 0 Å². The molecule has 100 valence electrons. The molecule has 2 N–H and O–H groups in total. The van der Waals surface area contributed by atoms with Crippen LogP contribution >= 0.6 is 0 Å². The molecule has 1 saturated heterocycles. The van der Waals surface area contributed by atoms with Crippen LogP contribution in [0.25, 0.3) is 0 Å². The Hall–Kier alpha value is -0.420. The first kappa shape index (κ1) is 14.6. The van der Waals surface area contributed by atoms with Crippen LogP contribution in [0.2, 0.25) is 0 Å². The predicted molar refractivity (Wildman–Crippen MR) is 70.0 cm³/mol. The maximum atomic E-state index is 9.12. The molecule has 1 fully saturated rings. The highest BCUT2D eigenvalue weighted by Gasteiger charge is 2.25. The molecule has 1 aliphatic heterocycles. The van der Waals surface area contributed by atoms with E-state index in [1.165, 1.54) is 5.57 Å². The van der Waals surface area contributed by atoms with Crippen LogP contribution in [-0.4, -0.2) is 72.0 Å². The van der Waals surface area contributed by atoms with Crippen molar-refractivity contribution in [2.24, 2.45) is 0 Å². The summed E-state index contributed by atoms with van der Waals surface area (Å²) in [6.45, 7) is 9.40. The zero-order valence-electron chi connectivity index (χ0n) is 11.1. The van der Waals surface area contributed by atoms with Crippen molar-refractivity contribution in [1.82, 2.24) is 9.80 Å². The van der Waals surface area contributed by atoms with Crippen molar-refractivity contribution >= 4 is 0 Å². The summed E-state index contributed by atoms with van der Waals surface area (Å²) < 4.78 is 0. The Balaban J connectivity index is 2.49.